The minimum absolute atomic E-state index is 0.186. The Balaban J connectivity index is 4.16. The smallest absolute Gasteiger partial charge is 0.266 e. The molecule has 6 heteroatoms. The Morgan fingerprint density at radius 1 is 1.24 bits per heavy atom. The van der Waals surface area contributed by atoms with E-state index in [0.29, 0.717) is 12.8 Å². The van der Waals surface area contributed by atoms with Crippen molar-refractivity contribution >= 4 is 16.0 Å². The Bertz CT molecular complexity index is 313. The maximum Gasteiger partial charge on any atom is 0.266 e. The topological polar surface area (TPSA) is 83.5 Å². The summed E-state index contributed by atoms with van der Waals surface area (Å²) in [5.41, 5.74) is 0. The number of hydrogen-bond acceptors (Lipinski definition) is 3. The van der Waals surface area contributed by atoms with Crippen LogP contribution in [0.1, 0.15) is 52.4 Å². The predicted molar refractivity (Wildman–Crippen MR) is 67.4 cm³/mol. The Kier molecular flexibility index (Phi) is 8.16. The lowest BCUT2D eigenvalue weighted by atomic mass is 10.1. The lowest BCUT2D eigenvalue weighted by Crippen LogP contribution is -2.39. The number of unbranched alkanes of at least 4 members (excludes halogenated alkanes) is 3. The Hall–Kier alpha value is -0.620. The lowest BCUT2D eigenvalue weighted by molar-refractivity contribution is -0.121. The van der Waals surface area contributed by atoms with Crippen molar-refractivity contribution in [3.8, 4) is 0 Å². The van der Waals surface area contributed by atoms with Gasteiger partial charge in [-0.05, 0) is 6.42 Å². The molecule has 0 rings (SSSR count). The van der Waals surface area contributed by atoms with Crippen molar-refractivity contribution in [2.75, 3.05) is 5.75 Å². The maximum atomic E-state index is 11.2. The van der Waals surface area contributed by atoms with Crippen molar-refractivity contribution in [1.82, 2.24) is 5.32 Å². The molecule has 0 aromatic heterocycles. The molecule has 5 nitrogen and oxygen atoms in total. The number of nitrogens with one attached hydrogen (secondary N) is 1. The summed E-state index contributed by atoms with van der Waals surface area (Å²) >= 11 is 0. The van der Waals surface area contributed by atoms with E-state index in [1.165, 1.54) is 0 Å². The van der Waals surface area contributed by atoms with E-state index in [2.05, 4.69) is 12.2 Å². The molecule has 0 aromatic rings. The van der Waals surface area contributed by atoms with E-state index in [9.17, 15) is 13.2 Å². The molecule has 0 aromatic carbocycles. The van der Waals surface area contributed by atoms with Gasteiger partial charge in [0.2, 0.25) is 5.91 Å². The van der Waals surface area contributed by atoms with Crippen molar-refractivity contribution < 1.29 is 17.8 Å². The molecular formula is C11H23NO4S. The van der Waals surface area contributed by atoms with Crippen molar-refractivity contribution in [2.45, 2.75) is 58.4 Å². The molecule has 17 heavy (non-hydrogen) atoms. The van der Waals surface area contributed by atoms with E-state index in [0.717, 1.165) is 25.7 Å². The zero-order chi connectivity index (χ0) is 13.3. The van der Waals surface area contributed by atoms with Crippen LogP contribution in [-0.2, 0) is 14.9 Å². The number of carbonyl (C=O) groups excluding carboxylic acids is 1. The third-order valence-corrected chi connectivity index (χ3v) is 3.33. The molecule has 102 valence electrons. The zero-order valence-electron chi connectivity index (χ0n) is 10.6. The van der Waals surface area contributed by atoms with Gasteiger partial charge in [0.05, 0.1) is 5.75 Å². The fraction of sp³-hybridized carbons (Fsp3) is 0.909. The molecule has 0 bridgehead atoms. The molecular weight excluding hydrogens is 242 g/mol. The summed E-state index contributed by atoms with van der Waals surface area (Å²) in [5.74, 6) is -0.584. The van der Waals surface area contributed by atoms with E-state index in [1.807, 2.05) is 0 Å². The number of rotatable bonds is 9. The first kappa shape index (κ1) is 16.4. The average Bonchev–Trinajstić information content (AvgIpc) is 2.21. The number of carbonyl (C=O) groups is 1. The third kappa shape index (κ3) is 10.3. The van der Waals surface area contributed by atoms with Crippen molar-refractivity contribution in [3.05, 3.63) is 0 Å². The van der Waals surface area contributed by atoms with Crippen LogP contribution >= 0.6 is 0 Å². The van der Waals surface area contributed by atoms with Crippen LogP contribution in [0, 0.1) is 0 Å². The van der Waals surface area contributed by atoms with Crippen LogP contribution in [0.3, 0.4) is 0 Å². The summed E-state index contributed by atoms with van der Waals surface area (Å²) in [6.07, 6.45) is 4.98. The molecule has 0 spiro atoms. The van der Waals surface area contributed by atoms with Gasteiger partial charge in [-0.2, -0.15) is 8.42 Å². The molecule has 1 atom stereocenters. The molecule has 2 N–H and O–H groups in total. The van der Waals surface area contributed by atoms with Gasteiger partial charge in [0.25, 0.3) is 10.1 Å². The van der Waals surface area contributed by atoms with Crippen LogP contribution in [0.15, 0.2) is 0 Å². The van der Waals surface area contributed by atoms with Crippen LogP contribution in [0.5, 0.6) is 0 Å². The second-order valence-electron chi connectivity index (χ2n) is 4.22. The monoisotopic (exact) mass is 265 g/mol. The standard InChI is InChI=1S/C11H23NO4S/c1-3-5-6-7-8-10(9-17(14,15)16)12-11(13)4-2/h10H,3-9H2,1-2H3,(H,12,13)(H,14,15,16). The molecule has 0 radical (unpaired) electrons. The van der Waals surface area contributed by atoms with E-state index < -0.39 is 21.9 Å². The minimum atomic E-state index is -4.03. The number of hydrogen-bond donors (Lipinski definition) is 2. The van der Waals surface area contributed by atoms with Crippen molar-refractivity contribution in [3.63, 3.8) is 0 Å². The first-order valence-electron chi connectivity index (χ1n) is 6.13. The first-order valence-corrected chi connectivity index (χ1v) is 7.74. The van der Waals surface area contributed by atoms with Gasteiger partial charge in [-0.15, -0.1) is 0 Å². The van der Waals surface area contributed by atoms with Gasteiger partial charge in [-0.25, -0.2) is 0 Å². The summed E-state index contributed by atoms with van der Waals surface area (Å²) in [7, 11) is -4.03. The van der Waals surface area contributed by atoms with Gasteiger partial charge in [0.1, 0.15) is 0 Å². The summed E-state index contributed by atoms with van der Waals surface area (Å²) < 4.78 is 30.4. The normalized spacial score (nSPS) is 13.4. The molecule has 0 saturated carbocycles. The van der Waals surface area contributed by atoms with E-state index in [1.54, 1.807) is 6.92 Å². The van der Waals surface area contributed by atoms with Gasteiger partial charge < -0.3 is 5.32 Å². The second kappa shape index (κ2) is 8.47. The van der Waals surface area contributed by atoms with E-state index >= 15 is 0 Å². The molecule has 0 aliphatic rings. The van der Waals surface area contributed by atoms with Gasteiger partial charge in [0.15, 0.2) is 0 Å². The molecule has 0 aliphatic heterocycles. The SMILES string of the molecule is CCCCCCC(CS(=O)(=O)O)NC(=O)CC. The van der Waals surface area contributed by atoms with Crippen LogP contribution in [0.4, 0.5) is 0 Å². The van der Waals surface area contributed by atoms with Gasteiger partial charge >= 0.3 is 0 Å². The van der Waals surface area contributed by atoms with Gasteiger partial charge in [0, 0.05) is 12.5 Å². The van der Waals surface area contributed by atoms with Crippen LogP contribution < -0.4 is 5.32 Å². The Labute approximate surface area is 104 Å². The lowest BCUT2D eigenvalue weighted by Gasteiger charge is -2.16. The summed E-state index contributed by atoms with van der Waals surface area (Å²) in [5, 5.41) is 2.62. The fourth-order valence-corrected chi connectivity index (χ4v) is 2.36. The summed E-state index contributed by atoms with van der Waals surface area (Å²) in [6.45, 7) is 3.80. The zero-order valence-corrected chi connectivity index (χ0v) is 11.4. The first-order chi connectivity index (χ1) is 7.89. The predicted octanol–water partition coefficient (Wildman–Crippen LogP) is 1.74. The molecule has 0 aliphatic carbocycles. The average molecular weight is 265 g/mol. The minimum Gasteiger partial charge on any atom is -0.352 e. The van der Waals surface area contributed by atoms with Crippen molar-refractivity contribution in [1.29, 1.82) is 0 Å². The van der Waals surface area contributed by atoms with Crippen LogP contribution in [0.2, 0.25) is 0 Å². The molecule has 0 heterocycles. The molecule has 0 fully saturated rings. The fourth-order valence-electron chi connectivity index (χ4n) is 1.60. The largest absolute Gasteiger partial charge is 0.352 e. The highest BCUT2D eigenvalue weighted by Crippen LogP contribution is 2.07. The maximum absolute atomic E-state index is 11.2. The van der Waals surface area contributed by atoms with E-state index in [-0.39, 0.29) is 5.91 Å². The van der Waals surface area contributed by atoms with Crippen LogP contribution in [-0.4, -0.2) is 30.7 Å². The quantitative estimate of drug-likeness (QED) is 0.491. The molecule has 0 saturated heterocycles. The van der Waals surface area contributed by atoms with E-state index in [4.69, 9.17) is 4.55 Å². The molecule has 1 unspecified atom stereocenters. The second-order valence-corrected chi connectivity index (χ2v) is 5.71. The Morgan fingerprint density at radius 3 is 2.35 bits per heavy atom. The van der Waals surface area contributed by atoms with Gasteiger partial charge in [-0.3, -0.25) is 9.35 Å². The van der Waals surface area contributed by atoms with Crippen LogP contribution in [0.25, 0.3) is 0 Å². The van der Waals surface area contributed by atoms with Crippen molar-refractivity contribution in [2.24, 2.45) is 0 Å². The number of amides is 1. The third-order valence-electron chi connectivity index (χ3n) is 2.50. The summed E-state index contributed by atoms with van der Waals surface area (Å²) in [6, 6.07) is -0.477. The molecule has 1 amide bonds. The highest BCUT2D eigenvalue weighted by Gasteiger charge is 2.17. The highest BCUT2D eigenvalue weighted by molar-refractivity contribution is 7.85. The Morgan fingerprint density at radius 2 is 1.88 bits per heavy atom. The summed E-state index contributed by atoms with van der Waals surface area (Å²) in [4.78, 5) is 11.2. The van der Waals surface area contributed by atoms with Gasteiger partial charge in [-0.1, -0.05) is 39.5 Å². The highest BCUT2D eigenvalue weighted by atomic mass is 32.2.